The number of carbonyl (C=O) groups is 4. The summed E-state index contributed by atoms with van der Waals surface area (Å²) in [4.78, 5) is 45.7. The Morgan fingerprint density at radius 2 is 1.37 bits per heavy atom. The van der Waals surface area contributed by atoms with E-state index in [9.17, 15) is 29.4 Å². The highest BCUT2D eigenvalue weighted by molar-refractivity contribution is 5.96. The van der Waals surface area contributed by atoms with Crippen LogP contribution in [0, 0.1) is 0 Å². The molecule has 1 rings (SSSR count). The number of hydrogen-bond acceptors (Lipinski definition) is 9. The van der Waals surface area contributed by atoms with Gasteiger partial charge in [0.2, 0.25) is 0 Å². The SMILES string of the molecule is CCCCCCCCCCCCCCCCCC(=O)OC[C@H](O)[C@H]1OC(=O)C(OC(=O)/C=C/C(=O)O)=C1O. The van der Waals surface area contributed by atoms with Gasteiger partial charge in [-0.3, -0.25) is 4.79 Å². The van der Waals surface area contributed by atoms with Crippen molar-refractivity contribution >= 4 is 23.9 Å². The molecule has 0 bridgehead atoms. The van der Waals surface area contributed by atoms with Crippen LogP contribution in [0.25, 0.3) is 0 Å². The molecule has 0 amide bonds. The Kier molecular flexibility index (Phi) is 17.6. The first-order valence-electron chi connectivity index (χ1n) is 13.9. The number of hydrogen-bond donors (Lipinski definition) is 3. The normalized spacial score (nSPS) is 16.1. The van der Waals surface area contributed by atoms with Crippen LogP contribution in [0.15, 0.2) is 23.7 Å². The number of aliphatic hydroxyl groups excluding tert-OH is 2. The first kappa shape index (κ1) is 33.1. The molecule has 0 saturated carbocycles. The highest BCUT2D eigenvalue weighted by atomic mass is 16.6. The number of ether oxygens (including phenoxy) is 3. The molecule has 0 unspecified atom stereocenters. The second kappa shape index (κ2) is 20.1. The minimum absolute atomic E-state index is 0.191. The van der Waals surface area contributed by atoms with Gasteiger partial charge in [-0.2, -0.15) is 0 Å². The maximum absolute atomic E-state index is 11.9. The van der Waals surface area contributed by atoms with Crippen LogP contribution in [0.3, 0.4) is 0 Å². The molecule has 0 radical (unpaired) electrons. The van der Waals surface area contributed by atoms with Crippen LogP contribution in [0.1, 0.15) is 110 Å². The molecule has 0 aliphatic carbocycles. The summed E-state index contributed by atoms with van der Waals surface area (Å²) in [6.07, 6.45) is 16.3. The summed E-state index contributed by atoms with van der Waals surface area (Å²) in [5.41, 5.74) is 0. The van der Waals surface area contributed by atoms with E-state index in [1.807, 2.05) is 0 Å². The van der Waals surface area contributed by atoms with Crippen LogP contribution in [0.4, 0.5) is 0 Å². The zero-order valence-corrected chi connectivity index (χ0v) is 22.5. The van der Waals surface area contributed by atoms with Gasteiger partial charge in [-0.1, -0.05) is 96.8 Å². The minimum Gasteiger partial charge on any atom is -0.505 e. The van der Waals surface area contributed by atoms with E-state index >= 15 is 0 Å². The summed E-state index contributed by atoms with van der Waals surface area (Å²) in [5, 5.41) is 28.7. The summed E-state index contributed by atoms with van der Waals surface area (Å²) in [6, 6.07) is 0. The number of esters is 3. The lowest BCUT2D eigenvalue weighted by Gasteiger charge is -2.17. The van der Waals surface area contributed by atoms with Crippen molar-refractivity contribution in [1.29, 1.82) is 0 Å². The van der Waals surface area contributed by atoms with Gasteiger partial charge in [0, 0.05) is 18.6 Å². The van der Waals surface area contributed by atoms with Crippen molar-refractivity contribution in [3.63, 3.8) is 0 Å². The third kappa shape index (κ3) is 14.8. The van der Waals surface area contributed by atoms with Crippen LogP contribution in [0.2, 0.25) is 0 Å². The van der Waals surface area contributed by atoms with Crippen molar-refractivity contribution in [2.24, 2.45) is 0 Å². The van der Waals surface area contributed by atoms with Gasteiger partial charge in [0.05, 0.1) is 0 Å². The van der Waals surface area contributed by atoms with E-state index in [0.29, 0.717) is 18.6 Å². The Morgan fingerprint density at radius 3 is 1.87 bits per heavy atom. The number of carboxylic acids is 1. The number of aliphatic carboxylic acids is 1. The molecule has 1 aliphatic rings. The Bertz CT molecular complexity index is 801. The molecule has 1 aliphatic heterocycles. The highest BCUT2D eigenvalue weighted by Crippen LogP contribution is 2.25. The molecular weight excluding hydrogens is 496 g/mol. The predicted octanol–water partition coefficient (Wildman–Crippen LogP) is 5.03. The number of carboxylic acid groups (broad SMARTS) is 1. The summed E-state index contributed by atoms with van der Waals surface area (Å²) < 4.78 is 14.4. The molecule has 0 aromatic rings. The van der Waals surface area contributed by atoms with Crippen molar-refractivity contribution < 1.29 is 48.7 Å². The first-order valence-corrected chi connectivity index (χ1v) is 13.9. The summed E-state index contributed by atoms with van der Waals surface area (Å²) in [7, 11) is 0. The molecule has 3 N–H and O–H groups in total. The molecule has 216 valence electrons. The van der Waals surface area contributed by atoms with Crippen LogP contribution in [0.5, 0.6) is 0 Å². The van der Waals surface area contributed by atoms with Crippen LogP contribution in [-0.2, 0) is 33.4 Å². The van der Waals surface area contributed by atoms with Crippen molar-refractivity contribution in [3.05, 3.63) is 23.7 Å². The summed E-state index contributed by atoms with van der Waals surface area (Å²) in [6.45, 7) is 1.71. The molecule has 10 nitrogen and oxygen atoms in total. The molecule has 0 spiro atoms. The van der Waals surface area contributed by atoms with Gasteiger partial charge in [0.15, 0.2) is 11.9 Å². The van der Waals surface area contributed by atoms with Crippen molar-refractivity contribution in [2.45, 2.75) is 122 Å². The molecule has 10 heteroatoms. The quantitative estimate of drug-likeness (QED) is 0.0736. The highest BCUT2D eigenvalue weighted by Gasteiger charge is 2.41. The lowest BCUT2D eigenvalue weighted by Crippen LogP contribution is -2.33. The third-order valence-electron chi connectivity index (χ3n) is 6.24. The largest absolute Gasteiger partial charge is 0.505 e. The van der Waals surface area contributed by atoms with Crippen molar-refractivity contribution in [3.8, 4) is 0 Å². The number of aliphatic hydroxyl groups is 2. The molecule has 0 fully saturated rings. The monoisotopic (exact) mass is 540 g/mol. The third-order valence-corrected chi connectivity index (χ3v) is 6.24. The smallest absolute Gasteiger partial charge is 0.378 e. The first-order chi connectivity index (χ1) is 18.3. The van der Waals surface area contributed by atoms with Gasteiger partial charge in [-0.05, 0) is 6.42 Å². The standard InChI is InChI=1S/C28H44O10/c1-2-3-4-5-6-7-8-9-10-11-12-13-14-15-16-17-23(32)36-20-21(29)26-25(34)27(28(35)38-26)37-24(33)19-18-22(30)31/h18-19,21,26,29,34H,2-17,20H2,1H3,(H,30,31)/b19-18+/t21-,26+/m0/s1. The van der Waals surface area contributed by atoms with Gasteiger partial charge in [-0.25, -0.2) is 14.4 Å². The fourth-order valence-electron chi connectivity index (χ4n) is 4.07. The lowest BCUT2D eigenvalue weighted by molar-refractivity contribution is -0.156. The maximum Gasteiger partial charge on any atom is 0.378 e. The molecule has 38 heavy (non-hydrogen) atoms. The van der Waals surface area contributed by atoms with Gasteiger partial charge >= 0.3 is 23.9 Å². The van der Waals surface area contributed by atoms with E-state index < -0.39 is 54.2 Å². The Balaban J connectivity index is 2.10. The zero-order chi connectivity index (χ0) is 28.2. The fourth-order valence-corrected chi connectivity index (χ4v) is 4.07. The van der Waals surface area contributed by atoms with E-state index in [-0.39, 0.29) is 6.42 Å². The number of carbonyl (C=O) groups excluding carboxylic acids is 3. The van der Waals surface area contributed by atoms with Gasteiger partial charge in [0.25, 0.3) is 5.76 Å². The van der Waals surface area contributed by atoms with Crippen LogP contribution < -0.4 is 0 Å². The van der Waals surface area contributed by atoms with Gasteiger partial charge in [0.1, 0.15) is 12.7 Å². The minimum atomic E-state index is -1.58. The second-order valence-electron chi connectivity index (χ2n) is 9.58. The zero-order valence-electron chi connectivity index (χ0n) is 22.5. The average molecular weight is 541 g/mol. The molecular formula is C28H44O10. The molecule has 2 atom stereocenters. The predicted molar refractivity (Wildman–Crippen MR) is 139 cm³/mol. The van der Waals surface area contributed by atoms with Gasteiger partial charge < -0.3 is 29.5 Å². The Hall–Kier alpha value is -2.88. The fraction of sp³-hybridized carbons (Fsp3) is 0.714. The van der Waals surface area contributed by atoms with Crippen molar-refractivity contribution in [1.82, 2.24) is 0 Å². The number of cyclic esters (lactones) is 1. The molecule has 0 aromatic carbocycles. The Labute approximate surface area is 225 Å². The van der Waals surface area contributed by atoms with E-state index in [4.69, 9.17) is 14.6 Å². The molecule has 0 saturated heterocycles. The number of unbranched alkanes of at least 4 members (excludes halogenated alkanes) is 14. The molecule has 1 heterocycles. The van der Waals surface area contributed by atoms with E-state index in [0.717, 1.165) is 19.3 Å². The average Bonchev–Trinajstić information content (AvgIpc) is 3.16. The topological polar surface area (TPSA) is 157 Å². The van der Waals surface area contributed by atoms with Crippen LogP contribution in [-0.4, -0.2) is 58.0 Å². The second-order valence-corrected chi connectivity index (χ2v) is 9.58. The number of rotatable bonds is 22. The summed E-state index contributed by atoms with van der Waals surface area (Å²) in [5.74, 6) is -6.08. The molecule has 0 aromatic heterocycles. The van der Waals surface area contributed by atoms with Gasteiger partial charge in [-0.15, -0.1) is 0 Å². The van der Waals surface area contributed by atoms with Crippen LogP contribution >= 0.6 is 0 Å². The van der Waals surface area contributed by atoms with Crippen molar-refractivity contribution in [2.75, 3.05) is 6.61 Å². The Morgan fingerprint density at radius 1 is 0.868 bits per heavy atom. The lowest BCUT2D eigenvalue weighted by atomic mass is 10.0. The maximum atomic E-state index is 11.9. The van der Waals surface area contributed by atoms with E-state index in [2.05, 4.69) is 11.7 Å². The van der Waals surface area contributed by atoms with E-state index in [1.54, 1.807) is 0 Å². The summed E-state index contributed by atoms with van der Waals surface area (Å²) >= 11 is 0. The van der Waals surface area contributed by atoms with E-state index in [1.165, 1.54) is 70.6 Å².